The maximum absolute atomic E-state index is 0. The van der Waals surface area contributed by atoms with Crippen LogP contribution in [0.3, 0.4) is 0 Å². The van der Waals surface area contributed by atoms with Gasteiger partial charge in [-0.25, -0.2) is 0 Å². The van der Waals surface area contributed by atoms with Crippen LogP contribution in [0.4, 0.5) is 0 Å². The van der Waals surface area contributed by atoms with E-state index in [1.807, 2.05) is 0 Å². The van der Waals surface area contributed by atoms with Crippen LogP contribution in [0, 0.1) is 0 Å². The van der Waals surface area contributed by atoms with Crippen LogP contribution in [0.15, 0.2) is 0 Å². The average molecular weight is 297 g/mol. The maximum Gasteiger partial charge on any atom is 0 e. The van der Waals surface area contributed by atoms with Crippen molar-refractivity contribution in [3.05, 3.63) is 0 Å². The van der Waals surface area contributed by atoms with Gasteiger partial charge in [-0.3, -0.25) is 0 Å². The molecule has 0 heterocycles. The summed E-state index contributed by atoms with van der Waals surface area (Å²) in [4.78, 5) is 0. The summed E-state index contributed by atoms with van der Waals surface area (Å²) in [5, 5.41) is 0. The van der Waals surface area contributed by atoms with Gasteiger partial charge >= 0.3 is 0 Å². The summed E-state index contributed by atoms with van der Waals surface area (Å²) in [5.74, 6) is 0. The van der Waals surface area contributed by atoms with Gasteiger partial charge in [-0.15, -0.1) is 0 Å². The Kier molecular flexibility index (Phi) is 301. The van der Waals surface area contributed by atoms with Crippen LogP contribution in [0.2, 0.25) is 0 Å². The first-order chi connectivity index (χ1) is 0. The van der Waals surface area contributed by atoms with Gasteiger partial charge in [0.1, 0.15) is 0 Å². The fourth-order valence-electron chi connectivity index (χ4n) is 0. The van der Waals surface area contributed by atoms with Crippen molar-refractivity contribution in [2.75, 3.05) is 0 Å². The third kappa shape index (κ3) is 9.71. The molecule has 0 saturated carbocycles. The summed E-state index contributed by atoms with van der Waals surface area (Å²) in [6, 6.07) is 0. The molecule has 0 spiro atoms. The fraction of sp³-hybridized carbons (Fsp3) is 0. The van der Waals surface area contributed by atoms with Gasteiger partial charge in [0.05, 0.1) is 0 Å². The van der Waals surface area contributed by atoms with E-state index >= 15 is 0 Å². The number of hydrogen-bond acceptors (Lipinski definition) is 0. The van der Waals surface area contributed by atoms with E-state index in [1.165, 1.54) is 0 Å². The second-order valence-electron chi connectivity index (χ2n) is 0. The van der Waals surface area contributed by atoms with Crippen molar-refractivity contribution >= 4 is 0 Å². The molecule has 0 saturated heterocycles. The molecule has 0 fully saturated rings. The molecule has 4 heavy (non-hydrogen) atoms. The summed E-state index contributed by atoms with van der Waals surface area (Å²) >= 11 is 0. The molecule has 32 valence electrons. The molecule has 0 aromatic carbocycles. The Labute approximate surface area is 57.0 Å². The number of halogens is 3. The Morgan fingerprint density at radius 1 is 0.500 bits per heavy atom. The van der Waals surface area contributed by atoms with E-state index in [0.29, 0.717) is 0 Å². The third-order valence-corrected chi connectivity index (χ3v) is 0. The molecule has 0 radical (unpaired) electrons. The van der Waals surface area contributed by atoms with Gasteiger partial charge in [0.2, 0.25) is 0 Å². The average Bonchev–Trinajstić information content (AvgIpc) is 0. The molecule has 0 atom stereocenters. The van der Waals surface area contributed by atoms with Crippen LogP contribution in [0.1, 0.15) is 0 Å². The van der Waals surface area contributed by atoms with Crippen LogP contribution in [-0.2, 0) is 19.8 Å². The van der Waals surface area contributed by atoms with Gasteiger partial charge in [0, 0.05) is 19.8 Å². The van der Waals surface area contributed by atoms with Crippen LogP contribution in [0.25, 0.3) is 0 Å². The van der Waals surface area contributed by atoms with Gasteiger partial charge in [-0.05, 0) is 0 Å². The number of hydrogen-bond donors (Lipinski definition) is 0. The van der Waals surface area contributed by atoms with E-state index < -0.39 is 0 Å². The van der Waals surface area contributed by atoms with E-state index in [-0.39, 0.29) is 57.0 Å². The van der Waals surface area contributed by atoms with Crippen LogP contribution in [0.5, 0.6) is 0 Å². The normalized spacial score (nSPS) is 0. The molecular weight excluding hydrogens is 297 g/mol. The minimum Gasteiger partial charge on any atom is -1.00 e. The van der Waals surface area contributed by atoms with Crippen LogP contribution in [-0.4, -0.2) is 0 Å². The van der Waals surface area contributed by atoms with Crippen molar-refractivity contribution < 1.29 is 57.0 Å². The first-order valence-corrected chi connectivity index (χ1v) is 0. The minimum absolute atomic E-state index is 0. The van der Waals surface area contributed by atoms with Crippen molar-refractivity contribution in [3.63, 3.8) is 0 Å². The molecule has 0 aromatic heterocycles. The summed E-state index contributed by atoms with van der Waals surface area (Å²) in [7, 11) is 0. The Morgan fingerprint density at radius 3 is 0.500 bits per heavy atom. The Morgan fingerprint density at radius 2 is 0.500 bits per heavy atom. The van der Waals surface area contributed by atoms with Crippen molar-refractivity contribution in [1.29, 1.82) is 0 Å². The predicted octanol–water partition coefficient (Wildman–Crippen LogP) is -8.99. The number of rotatable bonds is 0. The second-order valence-corrected chi connectivity index (χ2v) is 0. The second kappa shape index (κ2) is 24.4. The minimum atomic E-state index is 0. The molecule has 4 heteroatoms. The fourth-order valence-corrected chi connectivity index (χ4v) is 0. The summed E-state index contributed by atoms with van der Waals surface area (Å²) in [6.07, 6.45) is 0. The van der Waals surface area contributed by atoms with Gasteiger partial charge in [0.15, 0.2) is 0 Å². The summed E-state index contributed by atoms with van der Waals surface area (Å²) < 4.78 is 0. The van der Waals surface area contributed by atoms with E-state index in [1.54, 1.807) is 0 Å². The van der Waals surface area contributed by atoms with E-state index in [2.05, 4.69) is 0 Å². The monoisotopic (exact) mass is 297 g/mol. The zero-order chi connectivity index (χ0) is 0. The smallest absolute Gasteiger partial charge is 0 e. The van der Waals surface area contributed by atoms with Gasteiger partial charge in [-0.2, -0.15) is 0 Å². The van der Waals surface area contributed by atoms with Gasteiger partial charge in [-0.1, -0.05) is 0 Å². The topological polar surface area (TPSA) is 0 Å². The largest absolute Gasteiger partial charge is 1.00 e. The molecular formula is Cl3Os-3. The van der Waals surface area contributed by atoms with Gasteiger partial charge in [0.25, 0.3) is 0 Å². The van der Waals surface area contributed by atoms with Crippen LogP contribution < -0.4 is 37.2 Å². The molecule has 0 aromatic rings. The van der Waals surface area contributed by atoms with E-state index in [9.17, 15) is 0 Å². The Hall–Kier alpha value is 1.51. The van der Waals surface area contributed by atoms with Crippen LogP contribution >= 0.6 is 0 Å². The quantitative estimate of drug-likeness (QED) is 0.417. The summed E-state index contributed by atoms with van der Waals surface area (Å²) in [6.45, 7) is 0. The third-order valence-electron chi connectivity index (χ3n) is 0. The Balaban J connectivity index is 0. The molecule has 0 aliphatic heterocycles. The predicted molar refractivity (Wildman–Crippen MR) is 0 cm³/mol. The first kappa shape index (κ1) is 49.3. The zero-order valence-electron chi connectivity index (χ0n) is 1.49. The molecule has 0 aliphatic carbocycles. The van der Waals surface area contributed by atoms with Crippen molar-refractivity contribution in [2.24, 2.45) is 0 Å². The maximum atomic E-state index is 0. The SMILES string of the molecule is [Cl-].[Cl-].[Cl-].[Os]. The molecule has 0 amide bonds. The molecule has 0 aliphatic rings. The van der Waals surface area contributed by atoms with E-state index in [4.69, 9.17) is 0 Å². The standard InChI is InChI=1S/3ClH.Os/h3*1H;/p-3. The molecule has 0 rings (SSSR count). The van der Waals surface area contributed by atoms with Crippen molar-refractivity contribution in [1.82, 2.24) is 0 Å². The first-order valence-electron chi connectivity index (χ1n) is 0. The van der Waals surface area contributed by atoms with E-state index in [0.717, 1.165) is 0 Å². The zero-order valence-corrected chi connectivity index (χ0v) is 6.30. The van der Waals surface area contributed by atoms with Gasteiger partial charge < -0.3 is 37.2 Å². The van der Waals surface area contributed by atoms with Crippen molar-refractivity contribution in [2.45, 2.75) is 0 Å². The Bertz CT molecular complexity index is 3.25. The van der Waals surface area contributed by atoms with Crippen molar-refractivity contribution in [3.8, 4) is 0 Å². The summed E-state index contributed by atoms with van der Waals surface area (Å²) in [5.41, 5.74) is 0. The molecule has 0 N–H and O–H groups in total. The molecule has 0 unspecified atom stereocenters. The molecule has 0 bridgehead atoms. The molecule has 0 nitrogen and oxygen atoms in total.